The van der Waals surface area contributed by atoms with Crippen LogP contribution >= 0.6 is 0 Å². The van der Waals surface area contributed by atoms with Crippen molar-refractivity contribution in [2.24, 2.45) is 0 Å². The summed E-state index contributed by atoms with van der Waals surface area (Å²) >= 11 is 0. The maximum atomic E-state index is 11.2. The predicted molar refractivity (Wildman–Crippen MR) is 74.0 cm³/mol. The van der Waals surface area contributed by atoms with Crippen molar-refractivity contribution in [1.82, 2.24) is 9.97 Å². The monoisotopic (exact) mass is 283 g/mol. The standard InChI is InChI=1S/C13H21N3O4/c1-9(2)20-12-7-11(14-8-15-12)16-10(13(17)18)5-4-6-19-3/h7-10H,4-6H2,1-3H3,(H,17,18)(H,14,15,16). The van der Waals surface area contributed by atoms with Crippen molar-refractivity contribution in [2.75, 3.05) is 19.0 Å². The van der Waals surface area contributed by atoms with Crippen LogP contribution in [0.2, 0.25) is 0 Å². The van der Waals surface area contributed by atoms with Crippen molar-refractivity contribution in [2.45, 2.75) is 38.8 Å². The second kappa shape index (κ2) is 8.31. The average molecular weight is 283 g/mol. The molecule has 0 saturated carbocycles. The Morgan fingerprint density at radius 2 is 2.20 bits per heavy atom. The Balaban J connectivity index is 2.65. The summed E-state index contributed by atoms with van der Waals surface area (Å²) in [5.41, 5.74) is 0. The van der Waals surface area contributed by atoms with Gasteiger partial charge in [-0.25, -0.2) is 14.8 Å². The molecule has 0 aliphatic heterocycles. The maximum Gasteiger partial charge on any atom is 0.326 e. The van der Waals surface area contributed by atoms with E-state index in [2.05, 4.69) is 15.3 Å². The number of aliphatic carboxylic acids is 1. The third-order valence-corrected chi connectivity index (χ3v) is 2.46. The molecule has 0 aliphatic carbocycles. The van der Waals surface area contributed by atoms with Gasteiger partial charge in [-0.05, 0) is 26.7 Å². The molecule has 1 atom stereocenters. The second-order valence-corrected chi connectivity index (χ2v) is 4.58. The molecule has 20 heavy (non-hydrogen) atoms. The summed E-state index contributed by atoms with van der Waals surface area (Å²) in [7, 11) is 1.59. The minimum atomic E-state index is -0.925. The Morgan fingerprint density at radius 3 is 2.80 bits per heavy atom. The minimum absolute atomic E-state index is 0.00489. The summed E-state index contributed by atoms with van der Waals surface area (Å²) in [6.07, 6.45) is 2.44. The van der Waals surface area contributed by atoms with Gasteiger partial charge in [0.1, 0.15) is 18.2 Å². The highest BCUT2D eigenvalue weighted by atomic mass is 16.5. The average Bonchev–Trinajstić information content (AvgIpc) is 2.37. The summed E-state index contributed by atoms with van der Waals surface area (Å²) in [5, 5.41) is 12.0. The molecule has 7 heteroatoms. The van der Waals surface area contributed by atoms with Crippen LogP contribution in [-0.4, -0.2) is 46.9 Å². The van der Waals surface area contributed by atoms with E-state index in [0.29, 0.717) is 31.1 Å². The molecule has 0 fully saturated rings. The summed E-state index contributed by atoms with van der Waals surface area (Å²) in [6, 6.07) is 0.874. The molecule has 7 nitrogen and oxygen atoms in total. The highest BCUT2D eigenvalue weighted by molar-refractivity contribution is 5.76. The first kappa shape index (κ1) is 16.2. The number of hydrogen-bond acceptors (Lipinski definition) is 6. The van der Waals surface area contributed by atoms with Crippen molar-refractivity contribution in [3.05, 3.63) is 12.4 Å². The highest BCUT2D eigenvalue weighted by Crippen LogP contribution is 2.14. The van der Waals surface area contributed by atoms with Crippen LogP contribution in [0.15, 0.2) is 12.4 Å². The quantitative estimate of drug-likeness (QED) is 0.664. The molecule has 1 unspecified atom stereocenters. The van der Waals surface area contributed by atoms with Gasteiger partial charge >= 0.3 is 5.97 Å². The van der Waals surface area contributed by atoms with Crippen molar-refractivity contribution in [3.8, 4) is 5.88 Å². The number of rotatable bonds is 9. The fraction of sp³-hybridized carbons (Fsp3) is 0.615. The number of anilines is 1. The van der Waals surface area contributed by atoms with Crippen molar-refractivity contribution in [3.63, 3.8) is 0 Å². The smallest absolute Gasteiger partial charge is 0.326 e. The zero-order chi connectivity index (χ0) is 15.0. The largest absolute Gasteiger partial charge is 0.480 e. The molecule has 0 radical (unpaired) electrons. The lowest BCUT2D eigenvalue weighted by Gasteiger charge is -2.15. The van der Waals surface area contributed by atoms with Crippen LogP contribution in [0.4, 0.5) is 5.82 Å². The molecular formula is C13H21N3O4. The van der Waals surface area contributed by atoms with E-state index in [1.54, 1.807) is 13.2 Å². The van der Waals surface area contributed by atoms with E-state index in [9.17, 15) is 9.90 Å². The molecule has 1 aromatic rings. The number of nitrogens with one attached hydrogen (secondary N) is 1. The van der Waals surface area contributed by atoms with Gasteiger partial charge in [0.2, 0.25) is 5.88 Å². The van der Waals surface area contributed by atoms with Gasteiger partial charge in [-0.1, -0.05) is 0 Å². The Bertz CT molecular complexity index is 426. The molecule has 112 valence electrons. The van der Waals surface area contributed by atoms with Crippen molar-refractivity contribution < 1.29 is 19.4 Å². The second-order valence-electron chi connectivity index (χ2n) is 4.58. The van der Waals surface area contributed by atoms with E-state index < -0.39 is 12.0 Å². The van der Waals surface area contributed by atoms with Crippen LogP contribution in [0.5, 0.6) is 5.88 Å². The molecule has 0 spiro atoms. The first-order valence-electron chi connectivity index (χ1n) is 6.50. The van der Waals surface area contributed by atoms with E-state index in [1.165, 1.54) is 6.33 Å². The van der Waals surface area contributed by atoms with Crippen LogP contribution < -0.4 is 10.1 Å². The number of hydrogen-bond donors (Lipinski definition) is 2. The molecule has 0 aromatic carbocycles. The lowest BCUT2D eigenvalue weighted by Crippen LogP contribution is -2.30. The maximum absolute atomic E-state index is 11.2. The summed E-state index contributed by atoms with van der Waals surface area (Å²) < 4.78 is 10.4. The zero-order valence-electron chi connectivity index (χ0n) is 12.0. The Labute approximate surface area is 118 Å². The molecule has 0 bridgehead atoms. The van der Waals surface area contributed by atoms with E-state index >= 15 is 0 Å². The third kappa shape index (κ3) is 5.83. The number of carboxylic acids is 1. The number of ether oxygens (including phenoxy) is 2. The first-order valence-corrected chi connectivity index (χ1v) is 6.50. The number of carboxylic acid groups (broad SMARTS) is 1. The Hall–Kier alpha value is -1.89. The van der Waals surface area contributed by atoms with Crippen LogP contribution in [-0.2, 0) is 9.53 Å². The molecular weight excluding hydrogens is 262 g/mol. The third-order valence-electron chi connectivity index (χ3n) is 2.46. The Morgan fingerprint density at radius 1 is 1.45 bits per heavy atom. The molecule has 1 rings (SSSR count). The van der Waals surface area contributed by atoms with E-state index in [4.69, 9.17) is 9.47 Å². The molecule has 0 aliphatic rings. The van der Waals surface area contributed by atoms with Gasteiger partial charge in [0.25, 0.3) is 0 Å². The SMILES string of the molecule is COCCCC(Nc1cc(OC(C)C)ncn1)C(=O)O. The normalized spacial score (nSPS) is 12.2. The fourth-order valence-corrected chi connectivity index (χ4v) is 1.59. The van der Waals surface area contributed by atoms with Gasteiger partial charge in [0.15, 0.2) is 0 Å². The summed E-state index contributed by atoms with van der Waals surface area (Å²) in [6.45, 7) is 4.30. The molecule has 0 saturated heterocycles. The number of aromatic nitrogens is 2. The lowest BCUT2D eigenvalue weighted by atomic mass is 10.1. The predicted octanol–water partition coefficient (Wildman–Crippen LogP) is 1.56. The van der Waals surface area contributed by atoms with Gasteiger partial charge in [0, 0.05) is 19.8 Å². The van der Waals surface area contributed by atoms with Crippen molar-refractivity contribution in [1.29, 1.82) is 0 Å². The number of carbonyl (C=O) groups is 1. The highest BCUT2D eigenvalue weighted by Gasteiger charge is 2.17. The Kier molecular flexibility index (Phi) is 6.72. The molecule has 1 heterocycles. The molecule has 1 aromatic heterocycles. The van der Waals surface area contributed by atoms with E-state index in [0.717, 1.165) is 0 Å². The first-order chi connectivity index (χ1) is 9.52. The topological polar surface area (TPSA) is 93.6 Å². The summed E-state index contributed by atoms with van der Waals surface area (Å²) in [5.74, 6) is -0.0787. The molecule has 2 N–H and O–H groups in total. The van der Waals surface area contributed by atoms with Gasteiger partial charge in [-0.2, -0.15) is 0 Å². The van der Waals surface area contributed by atoms with Gasteiger partial charge < -0.3 is 19.9 Å². The van der Waals surface area contributed by atoms with Crippen LogP contribution in [0.3, 0.4) is 0 Å². The number of nitrogens with zero attached hydrogens (tertiary/aromatic N) is 2. The van der Waals surface area contributed by atoms with E-state index in [1.807, 2.05) is 13.8 Å². The fourth-order valence-electron chi connectivity index (χ4n) is 1.59. The van der Waals surface area contributed by atoms with Crippen LogP contribution in [0.25, 0.3) is 0 Å². The zero-order valence-corrected chi connectivity index (χ0v) is 12.0. The number of methoxy groups -OCH3 is 1. The van der Waals surface area contributed by atoms with Gasteiger partial charge in [0.05, 0.1) is 6.10 Å². The van der Waals surface area contributed by atoms with Gasteiger partial charge in [-0.15, -0.1) is 0 Å². The van der Waals surface area contributed by atoms with Crippen LogP contribution in [0, 0.1) is 0 Å². The van der Waals surface area contributed by atoms with Gasteiger partial charge in [-0.3, -0.25) is 0 Å². The molecule has 0 amide bonds. The van der Waals surface area contributed by atoms with E-state index in [-0.39, 0.29) is 6.10 Å². The van der Waals surface area contributed by atoms with Crippen LogP contribution in [0.1, 0.15) is 26.7 Å². The lowest BCUT2D eigenvalue weighted by molar-refractivity contribution is -0.138. The van der Waals surface area contributed by atoms with Crippen molar-refractivity contribution >= 4 is 11.8 Å². The minimum Gasteiger partial charge on any atom is -0.480 e. The summed E-state index contributed by atoms with van der Waals surface area (Å²) in [4.78, 5) is 19.1.